The van der Waals surface area contributed by atoms with Crippen molar-refractivity contribution in [1.29, 1.82) is 0 Å². The molecular formula is C12H15Cl2N3S. The van der Waals surface area contributed by atoms with Crippen LogP contribution in [0.5, 0.6) is 0 Å². The summed E-state index contributed by atoms with van der Waals surface area (Å²) >= 11 is 13.4. The van der Waals surface area contributed by atoms with Crippen LogP contribution in [0.1, 0.15) is 29.9 Å². The van der Waals surface area contributed by atoms with Crippen LogP contribution >= 0.6 is 34.5 Å². The number of aromatic nitrogens is 2. The Morgan fingerprint density at radius 1 is 1.44 bits per heavy atom. The molecule has 6 heteroatoms. The molecule has 2 heterocycles. The van der Waals surface area contributed by atoms with E-state index in [1.165, 1.54) is 11.3 Å². The van der Waals surface area contributed by atoms with E-state index in [4.69, 9.17) is 28.9 Å². The standard InChI is InChI=1S/C12H15Cl2N3S/c1-3-7-4-8(17(2)16-7)5-10(15)9-6-11(13)18-12(9)14/h4,6,10H,3,5,15H2,1-2H3. The molecule has 0 aliphatic carbocycles. The van der Waals surface area contributed by atoms with Crippen LogP contribution in [0.4, 0.5) is 0 Å². The fraction of sp³-hybridized carbons (Fsp3) is 0.417. The van der Waals surface area contributed by atoms with Gasteiger partial charge in [0.2, 0.25) is 0 Å². The van der Waals surface area contributed by atoms with Crippen LogP contribution in [-0.4, -0.2) is 9.78 Å². The molecule has 0 amide bonds. The molecule has 98 valence electrons. The Kier molecular flexibility index (Phi) is 4.33. The third kappa shape index (κ3) is 2.88. The number of nitrogens with zero attached hydrogens (tertiary/aromatic N) is 2. The Balaban J connectivity index is 2.18. The third-order valence-corrected chi connectivity index (χ3v) is 4.42. The van der Waals surface area contributed by atoms with E-state index in [1.54, 1.807) is 0 Å². The lowest BCUT2D eigenvalue weighted by Crippen LogP contribution is -2.15. The van der Waals surface area contributed by atoms with Crippen molar-refractivity contribution in [2.24, 2.45) is 12.8 Å². The normalized spacial score (nSPS) is 12.9. The summed E-state index contributed by atoms with van der Waals surface area (Å²) in [5.41, 5.74) is 9.28. The van der Waals surface area contributed by atoms with Crippen LogP contribution in [0.3, 0.4) is 0 Å². The van der Waals surface area contributed by atoms with Crippen molar-refractivity contribution >= 4 is 34.5 Å². The van der Waals surface area contributed by atoms with Gasteiger partial charge in [-0.1, -0.05) is 30.1 Å². The van der Waals surface area contributed by atoms with E-state index in [0.29, 0.717) is 15.1 Å². The van der Waals surface area contributed by atoms with Crippen molar-refractivity contribution in [2.45, 2.75) is 25.8 Å². The zero-order valence-corrected chi connectivity index (χ0v) is 12.6. The predicted molar refractivity (Wildman–Crippen MR) is 77.6 cm³/mol. The first-order valence-electron chi connectivity index (χ1n) is 5.73. The smallest absolute Gasteiger partial charge is 0.0992 e. The van der Waals surface area contributed by atoms with Gasteiger partial charge in [0.1, 0.15) is 0 Å². The van der Waals surface area contributed by atoms with Gasteiger partial charge in [-0.25, -0.2) is 0 Å². The first kappa shape index (κ1) is 13.9. The topological polar surface area (TPSA) is 43.8 Å². The van der Waals surface area contributed by atoms with Gasteiger partial charge in [-0.15, -0.1) is 11.3 Å². The molecule has 2 aromatic heterocycles. The van der Waals surface area contributed by atoms with Gasteiger partial charge >= 0.3 is 0 Å². The van der Waals surface area contributed by atoms with E-state index in [1.807, 2.05) is 17.8 Å². The van der Waals surface area contributed by atoms with Crippen LogP contribution in [0.25, 0.3) is 0 Å². The van der Waals surface area contributed by atoms with E-state index in [2.05, 4.69) is 18.1 Å². The minimum absolute atomic E-state index is 0.152. The van der Waals surface area contributed by atoms with Gasteiger partial charge in [-0.2, -0.15) is 5.10 Å². The SMILES string of the molecule is CCc1cc(CC(N)c2cc(Cl)sc2Cl)n(C)n1. The number of hydrogen-bond acceptors (Lipinski definition) is 3. The van der Waals surface area contributed by atoms with Crippen LogP contribution < -0.4 is 5.73 Å². The van der Waals surface area contributed by atoms with E-state index in [-0.39, 0.29) is 6.04 Å². The molecule has 2 N–H and O–H groups in total. The summed E-state index contributed by atoms with van der Waals surface area (Å²) in [6.45, 7) is 2.08. The van der Waals surface area contributed by atoms with Crippen molar-refractivity contribution in [3.63, 3.8) is 0 Å². The summed E-state index contributed by atoms with van der Waals surface area (Å²) in [6, 6.07) is 3.78. The van der Waals surface area contributed by atoms with Crippen molar-refractivity contribution in [3.8, 4) is 0 Å². The summed E-state index contributed by atoms with van der Waals surface area (Å²) in [6.07, 6.45) is 1.63. The molecule has 0 saturated heterocycles. The molecule has 2 rings (SSSR count). The average Bonchev–Trinajstić information content (AvgIpc) is 2.82. The Morgan fingerprint density at radius 2 is 2.17 bits per heavy atom. The van der Waals surface area contributed by atoms with Crippen molar-refractivity contribution < 1.29 is 0 Å². The fourth-order valence-electron chi connectivity index (χ4n) is 1.88. The lowest BCUT2D eigenvalue weighted by molar-refractivity contribution is 0.639. The maximum absolute atomic E-state index is 6.18. The zero-order chi connectivity index (χ0) is 13.3. The third-order valence-electron chi connectivity index (χ3n) is 2.90. The molecule has 3 nitrogen and oxygen atoms in total. The Bertz CT molecular complexity index is 548. The summed E-state index contributed by atoms with van der Waals surface area (Å²) in [5, 5.41) is 4.41. The van der Waals surface area contributed by atoms with Crippen LogP contribution in [-0.2, 0) is 19.9 Å². The first-order valence-corrected chi connectivity index (χ1v) is 7.30. The van der Waals surface area contributed by atoms with E-state index >= 15 is 0 Å². The van der Waals surface area contributed by atoms with Crippen LogP contribution in [0.2, 0.25) is 8.67 Å². The molecular weight excluding hydrogens is 289 g/mol. The molecule has 1 atom stereocenters. The molecule has 0 saturated carbocycles. The highest BCUT2D eigenvalue weighted by molar-refractivity contribution is 7.20. The van der Waals surface area contributed by atoms with Crippen molar-refractivity contribution in [2.75, 3.05) is 0 Å². The van der Waals surface area contributed by atoms with Crippen molar-refractivity contribution in [1.82, 2.24) is 9.78 Å². The number of nitrogens with two attached hydrogens (primary N) is 1. The van der Waals surface area contributed by atoms with Gasteiger partial charge in [0.25, 0.3) is 0 Å². The minimum Gasteiger partial charge on any atom is -0.324 e. The second-order valence-corrected chi connectivity index (χ2v) is 6.48. The van der Waals surface area contributed by atoms with Gasteiger partial charge < -0.3 is 5.73 Å². The lowest BCUT2D eigenvalue weighted by atomic mass is 10.1. The maximum atomic E-state index is 6.18. The van der Waals surface area contributed by atoms with Crippen molar-refractivity contribution in [3.05, 3.63) is 37.8 Å². The van der Waals surface area contributed by atoms with Crippen LogP contribution in [0.15, 0.2) is 12.1 Å². The number of thiophene rings is 1. The van der Waals surface area contributed by atoms with E-state index in [9.17, 15) is 0 Å². The molecule has 0 aliphatic heterocycles. The Morgan fingerprint density at radius 3 is 2.67 bits per heavy atom. The highest BCUT2D eigenvalue weighted by atomic mass is 35.5. The highest BCUT2D eigenvalue weighted by Gasteiger charge is 2.16. The zero-order valence-electron chi connectivity index (χ0n) is 10.3. The average molecular weight is 304 g/mol. The molecule has 2 aromatic rings. The highest BCUT2D eigenvalue weighted by Crippen LogP contribution is 2.35. The molecule has 0 spiro atoms. The number of aryl methyl sites for hydroxylation is 2. The largest absolute Gasteiger partial charge is 0.324 e. The first-order chi connectivity index (χ1) is 8.51. The van der Waals surface area contributed by atoms with Gasteiger partial charge in [0.15, 0.2) is 0 Å². The number of hydrogen-bond donors (Lipinski definition) is 1. The minimum atomic E-state index is -0.152. The molecule has 1 unspecified atom stereocenters. The number of halogens is 2. The maximum Gasteiger partial charge on any atom is 0.0992 e. The second-order valence-electron chi connectivity index (χ2n) is 4.19. The summed E-state index contributed by atoms with van der Waals surface area (Å²) in [7, 11) is 1.93. The monoisotopic (exact) mass is 303 g/mol. The molecule has 0 fully saturated rings. The van der Waals surface area contributed by atoms with Gasteiger partial charge in [0.05, 0.1) is 14.4 Å². The molecule has 0 bridgehead atoms. The van der Waals surface area contributed by atoms with Gasteiger partial charge in [-0.3, -0.25) is 4.68 Å². The molecule has 0 aliphatic rings. The molecule has 18 heavy (non-hydrogen) atoms. The summed E-state index contributed by atoms with van der Waals surface area (Å²) < 4.78 is 3.22. The Labute approximate surface area is 121 Å². The molecule has 0 aromatic carbocycles. The summed E-state index contributed by atoms with van der Waals surface area (Å²) in [4.78, 5) is 0. The summed E-state index contributed by atoms with van der Waals surface area (Å²) in [5.74, 6) is 0. The lowest BCUT2D eigenvalue weighted by Gasteiger charge is -2.10. The van der Waals surface area contributed by atoms with E-state index < -0.39 is 0 Å². The predicted octanol–water partition coefficient (Wildman–Crippen LogP) is 3.59. The fourth-order valence-corrected chi connectivity index (χ4v) is 3.47. The van der Waals surface area contributed by atoms with Gasteiger partial charge in [0, 0.05) is 30.8 Å². The van der Waals surface area contributed by atoms with E-state index in [0.717, 1.165) is 23.4 Å². The quantitative estimate of drug-likeness (QED) is 0.938. The second kappa shape index (κ2) is 5.61. The number of rotatable bonds is 4. The van der Waals surface area contributed by atoms with Crippen LogP contribution in [0, 0.1) is 0 Å². The molecule has 0 radical (unpaired) electrons. The Hall–Kier alpha value is -0.550. The van der Waals surface area contributed by atoms with Gasteiger partial charge in [-0.05, 0) is 18.6 Å².